The third-order valence-electron chi connectivity index (χ3n) is 5.17. The summed E-state index contributed by atoms with van der Waals surface area (Å²) in [6, 6.07) is 25.8. The summed E-state index contributed by atoms with van der Waals surface area (Å²) in [5.41, 5.74) is 6.55. The van der Waals surface area contributed by atoms with Gasteiger partial charge in [-0.2, -0.15) is 0 Å². The Kier molecular flexibility index (Phi) is 3.73. The number of hydrogen-bond acceptors (Lipinski definition) is 1. The minimum absolute atomic E-state index is 0.127. The van der Waals surface area contributed by atoms with Crippen molar-refractivity contribution in [1.29, 1.82) is 0 Å². The van der Waals surface area contributed by atoms with Gasteiger partial charge in [-0.15, -0.1) is 0 Å². The van der Waals surface area contributed by atoms with Crippen LogP contribution in [0.25, 0.3) is 21.9 Å². The molecule has 4 aromatic rings. The van der Waals surface area contributed by atoms with E-state index in [1.165, 1.54) is 22.3 Å². The Balaban J connectivity index is 1.48. The zero-order valence-corrected chi connectivity index (χ0v) is 15.3. The van der Waals surface area contributed by atoms with Crippen LogP contribution in [-0.2, 0) is 6.42 Å². The van der Waals surface area contributed by atoms with Crippen molar-refractivity contribution >= 4 is 34.0 Å². The molecule has 0 unspecified atom stereocenters. The second-order valence-corrected chi connectivity index (χ2v) is 7.21. The molecule has 5 rings (SSSR count). The molecule has 1 amide bonds. The van der Waals surface area contributed by atoms with Crippen LogP contribution in [-0.4, -0.2) is 5.91 Å². The lowest BCUT2D eigenvalue weighted by Crippen LogP contribution is -2.12. The molecule has 0 aliphatic heterocycles. The maximum Gasteiger partial charge on any atom is 0.256 e. The molecule has 130 valence electrons. The average molecular weight is 370 g/mol. The second-order valence-electron chi connectivity index (χ2n) is 6.80. The highest BCUT2D eigenvalue weighted by Gasteiger charge is 2.19. The SMILES string of the molecule is O=C(Nc1ccc2c(c1)Cc1ccccc1-2)c1cccc2c(Cl)cccc12. The molecule has 0 saturated heterocycles. The number of benzene rings is 4. The average Bonchev–Trinajstić information content (AvgIpc) is 3.05. The Labute approximate surface area is 162 Å². The largest absolute Gasteiger partial charge is 0.322 e. The summed E-state index contributed by atoms with van der Waals surface area (Å²) in [5.74, 6) is -0.127. The number of anilines is 1. The van der Waals surface area contributed by atoms with Crippen LogP contribution in [0.5, 0.6) is 0 Å². The lowest BCUT2D eigenvalue weighted by atomic mass is 10.0. The van der Waals surface area contributed by atoms with Gasteiger partial charge >= 0.3 is 0 Å². The van der Waals surface area contributed by atoms with Crippen molar-refractivity contribution in [3.63, 3.8) is 0 Å². The van der Waals surface area contributed by atoms with E-state index in [0.717, 1.165) is 22.9 Å². The molecule has 0 heterocycles. The van der Waals surface area contributed by atoms with Crippen LogP contribution >= 0.6 is 11.6 Å². The molecule has 1 aliphatic carbocycles. The molecule has 0 fully saturated rings. The predicted octanol–water partition coefficient (Wildman–Crippen LogP) is 6.32. The van der Waals surface area contributed by atoms with Crippen LogP contribution < -0.4 is 5.32 Å². The molecule has 4 aromatic carbocycles. The minimum atomic E-state index is -0.127. The van der Waals surface area contributed by atoms with Gasteiger partial charge < -0.3 is 5.32 Å². The molecular formula is C24H16ClNO. The van der Waals surface area contributed by atoms with Crippen LogP contribution in [0.3, 0.4) is 0 Å². The van der Waals surface area contributed by atoms with E-state index in [0.29, 0.717) is 10.6 Å². The van der Waals surface area contributed by atoms with Crippen LogP contribution in [0.15, 0.2) is 78.9 Å². The Morgan fingerprint density at radius 3 is 2.48 bits per heavy atom. The van der Waals surface area contributed by atoms with Gasteiger partial charge in [0.2, 0.25) is 0 Å². The summed E-state index contributed by atoms with van der Waals surface area (Å²) in [7, 11) is 0. The third-order valence-corrected chi connectivity index (χ3v) is 5.49. The molecule has 0 aromatic heterocycles. The van der Waals surface area contributed by atoms with Crippen molar-refractivity contribution < 1.29 is 4.79 Å². The first kappa shape index (κ1) is 16.1. The van der Waals surface area contributed by atoms with E-state index in [-0.39, 0.29) is 5.91 Å². The van der Waals surface area contributed by atoms with E-state index in [1.807, 2.05) is 42.5 Å². The molecule has 0 spiro atoms. The number of carbonyl (C=O) groups is 1. The van der Waals surface area contributed by atoms with Gasteiger partial charge in [0.25, 0.3) is 5.91 Å². The smallest absolute Gasteiger partial charge is 0.256 e. The fourth-order valence-corrected chi connectivity index (χ4v) is 4.13. The van der Waals surface area contributed by atoms with Crippen LogP contribution in [0, 0.1) is 0 Å². The number of nitrogens with one attached hydrogen (secondary N) is 1. The monoisotopic (exact) mass is 369 g/mol. The molecule has 0 radical (unpaired) electrons. The van der Waals surface area contributed by atoms with Gasteiger partial charge in [-0.05, 0) is 58.3 Å². The van der Waals surface area contributed by atoms with Crippen molar-refractivity contribution in [1.82, 2.24) is 0 Å². The lowest BCUT2D eigenvalue weighted by molar-refractivity contribution is 0.102. The summed E-state index contributed by atoms with van der Waals surface area (Å²) in [5, 5.41) is 5.44. The minimum Gasteiger partial charge on any atom is -0.322 e. The number of amides is 1. The first-order valence-electron chi connectivity index (χ1n) is 8.90. The number of hydrogen-bond donors (Lipinski definition) is 1. The highest BCUT2D eigenvalue weighted by molar-refractivity contribution is 6.36. The predicted molar refractivity (Wildman–Crippen MR) is 112 cm³/mol. The zero-order chi connectivity index (χ0) is 18.4. The van der Waals surface area contributed by atoms with E-state index in [9.17, 15) is 4.79 Å². The topological polar surface area (TPSA) is 29.1 Å². The molecule has 0 atom stereocenters. The van der Waals surface area contributed by atoms with Gasteiger partial charge in [-0.1, -0.05) is 66.2 Å². The summed E-state index contributed by atoms with van der Waals surface area (Å²) >= 11 is 6.27. The first-order valence-corrected chi connectivity index (χ1v) is 9.28. The Bertz CT molecular complexity index is 1210. The van der Waals surface area contributed by atoms with Gasteiger partial charge in [-0.3, -0.25) is 4.79 Å². The van der Waals surface area contributed by atoms with E-state index >= 15 is 0 Å². The van der Waals surface area contributed by atoms with Crippen molar-refractivity contribution in [2.24, 2.45) is 0 Å². The molecule has 3 heteroatoms. The number of fused-ring (bicyclic) bond motifs is 4. The van der Waals surface area contributed by atoms with Crippen molar-refractivity contribution in [2.75, 3.05) is 5.32 Å². The molecule has 0 bridgehead atoms. The van der Waals surface area contributed by atoms with Gasteiger partial charge in [0.1, 0.15) is 0 Å². The fourth-order valence-electron chi connectivity index (χ4n) is 3.89. The molecule has 27 heavy (non-hydrogen) atoms. The quantitative estimate of drug-likeness (QED) is 0.387. The first-order chi connectivity index (χ1) is 13.2. The van der Waals surface area contributed by atoms with Crippen LogP contribution in [0.4, 0.5) is 5.69 Å². The Morgan fingerprint density at radius 2 is 1.56 bits per heavy atom. The Hall–Kier alpha value is -3.10. The van der Waals surface area contributed by atoms with E-state index < -0.39 is 0 Å². The standard InChI is InChI=1S/C24H16ClNO/c25-23-10-4-7-20-21(23)8-3-9-22(20)24(27)26-17-11-12-19-16(14-17)13-15-5-1-2-6-18(15)19/h1-12,14H,13H2,(H,26,27). The molecule has 1 aliphatic rings. The van der Waals surface area contributed by atoms with Crippen molar-refractivity contribution in [3.8, 4) is 11.1 Å². The normalized spacial score (nSPS) is 11.9. The second kappa shape index (κ2) is 6.26. The molecule has 1 N–H and O–H groups in total. The maximum atomic E-state index is 12.9. The molecule has 0 saturated carbocycles. The van der Waals surface area contributed by atoms with Gasteiger partial charge in [0, 0.05) is 21.7 Å². The summed E-state index contributed by atoms with van der Waals surface area (Å²) in [4.78, 5) is 12.9. The maximum absolute atomic E-state index is 12.9. The van der Waals surface area contributed by atoms with Gasteiger partial charge in [0.05, 0.1) is 0 Å². The molecular weight excluding hydrogens is 354 g/mol. The fraction of sp³-hybridized carbons (Fsp3) is 0.0417. The zero-order valence-electron chi connectivity index (χ0n) is 14.5. The summed E-state index contributed by atoms with van der Waals surface area (Å²) < 4.78 is 0. The van der Waals surface area contributed by atoms with E-state index in [2.05, 4.69) is 41.7 Å². The lowest BCUT2D eigenvalue weighted by Gasteiger charge is -2.10. The summed E-state index contributed by atoms with van der Waals surface area (Å²) in [6.07, 6.45) is 0.902. The van der Waals surface area contributed by atoms with E-state index in [1.54, 1.807) is 0 Å². The van der Waals surface area contributed by atoms with Gasteiger partial charge in [0.15, 0.2) is 0 Å². The van der Waals surface area contributed by atoms with E-state index in [4.69, 9.17) is 11.6 Å². The summed E-state index contributed by atoms with van der Waals surface area (Å²) in [6.45, 7) is 0. The molecule has 2 nitrogen and oxygen atoms in total. The van der Waals surface area contributed by atoms with Crippen molar-refractivity contribution in [2.45, 2.75) is 6.42 Å². The highest BCUT2D eigenvalue weighted by Crippen LogP contribution is 2.37. The number of halogens is 1. The highest BCUT2D eigenvalue weighted by atomic mass is 35.5. The Morgan fingerprint density at radius 1 is 0.778 bits per heavy atom. The van der Waals surface area contributed by atoms with Crippen LogP contribution in [0.2, 0.25) is 5.02 Å². The number of rotatable bonds is 2. The van der Waals surface area contributed by atoms with Gasteiger partial charge in [-0.25, -0.2) is 0 Å². The van der Waals surface area contributed by atoms with Crippen LogP contribution in [0.1, 0.15) is 21.5 Å². The third kappa shape index (κ3) is 2.70. The number of carbonyl (C=O) groups excluding carboxylic acids is 1. The van der Waals surface area contributed by atoms with Crippen molar-refractivity contribution in [3.05, 3.63) is 101 Å².